The number of methoxy groups -OCH3 is 1. The van der Waals surface area contributed by atoms with E-state index in [4.69, 9.17) is 14.6 Å². The van der Waals surface area contributed by atoms with Crippen LogP contribution in [0.2, 0.25) is 0 Å². The topological polar surface area (TPSA) is 172 Å². The van der Waals surface area contributed by atoms with E-state index in [1.54, 1.807) is 12.0 Å². The van der Waals surface area contributed by atoms with Gasteiger partial charge in [0.15, 0.2) is 15.5 Å². The van der Waals surface area contributed by atoms with Crippen LogP contribution in [0.15, 0.2) is 6.20 Å². The minimum absolute atomic E-state index is 0.0124. The lowest BCUT2D eigenvalue weighted by molar-refractivity contribution is -0.137. The van der Waals surface area contributed by atoms with Crippen LogP contribution in [0.3, 0.4) is 0 Å². The molecular formula is C16H25N5O7S. The first-order chi connectivity index (χ1) is 13.8. The highest BCUT2D eigenvalue weighted by Gasteiger charge is 2.38. The molecule has 1 aromatic heterocycles. The van der Waals surface area contributed by atoms with Gasteiger partial charge in [-0.25, -0.2) is 8.42 Å². The minimum atomic E-state index is -3.03. The van der Waals surface area contributed by atoms with E-state index in [2.05, 4.69) is 20.7 Å². The van der Waals surface area contributed by atoms with Gasteiger partial charge in [0.2, 0.25) is 5.91 Å². The summed E-state index contributed by atoms with van der Waals surface area (Å²) in [5.41, 5.74) is 0.176. The monoisotopic (exact) mass is 431 g/mol. The van der Waals surface area contributed by atoms with Crippen molar-refractivity contribution in [2.75, 3.05) is 31.7 Å². The number of H-pyrrole nitrogens is 1. The Balaban J connectivity index is 0.000000941. The molecule has 1 aliphatic carbocycles. The fourth-order valence-electron chi connectivity index (χ4n) is 3.55. The van der Waals surface area contributed by atoms with Crippen LogP contribution in [0.1, 0.15) is 29.8 Å². The van der Waals surface area contributed by atoms with Gasteiger partial charge in [-0.1, -0.05) is 0 Å². The van der Waals surface area contributed by atoms with E-state index in [1.807, 2.05) is 0 Å². The van der Waals surface area contributed by atoms with Gasteiger partial charge in [-0.05, 0) is 19.3 Å². The quantitative estimate of drug-likeness (QED) is 0.489. The van der Waals surface area contributed by atoms with Crippen LogP contribution >= 0.6 is 0 Å². The Bertz CT molecular complexity index is 785. The minimum Gasteiger partial charge on any atom is -0.483 e. The number of carboxylic acid groups (broad SMARTS) is 1. The number of hydrogen-bond donors (Lipinski definition) is 3. The molecule has 2 aliphatic rings. The lowest BCUT2D eigenvalue weighted by atomic mass is 9.82. The van der Waals surface area contributed by atoms with Gasteiger partial charge < -0.3 is 20.1 Å². The number of aromatic nitrogens is 3. The summed E-state index contributed by atoms with van der Waals surface area (Å²) in [5.74, 6) is -0.653. The summed E-state index contributed by atoms with van der Waals surface area (Å²) in [6, 6.07) is -0.319. The summed E-state index contributed by atoms with van der Waals surface area (Å²) in [5, 5.41) is 19.5. The molecule has 3 N–H and O–H groups in total. The molecule has 3 atom stereocenters. The number of hydrogen-bond acceptors (Lipinski definition) is 8. The van der Waals surface area contributed by atoms with Crippen molar-refractivity contribution in [2.24, 2.45) is 5.92 Å². The van der Waals surface area contributed by atoms with Crippen molar-refractivity contribution in [3.05, 3.63) is 11.9 Å². The number of ether oxygens (including phenoxy) is 1. The maximum Gasteiger partial charge on any atom is 0.290 e. The first-order valence-electron chi connectivity index (χ1n) is 9.07. The van der Waals surface area contributed by atoms with Crippen molar-refractivity contribution >= 4 is 28.1 Å². The molecule has 2 amide bonds. The van der Waals surface area contributed by atoms with Crippen molar-refractivity contribution in [1.82, 2.24) is 25.6 Å². The average Bonchev–Trinajstić information content (AvgIpc) is 3.23. The predicted octanol–water partition coefficient (Wildman–Crippen LogP) is -1.32. The van der Waals surface area contributed by atoms with Gasteiger partial charge in [0, 0.05) is 26.1 Å². The van der Waals surface area contributed by atoms with Gasteiger partial charge in [0.05, 0.1) is 29.8 Å². The van der Waals surface area contributed by atoms with Crippen LogP contribution in [0.4, 0.5) is 0 Å². The lowest BCUT2D eigenvalue weighted by Crippen LogP contribution is -2.52. The zero-order valence-corrected chi connectivity index (χ0v) is 16.8. The molecule has 1 aromatic rings. The molecule has 0 aromatic carbocycles. The third-order valence-corrected chi connectivity index (χ3v) is 6.67. The van der Waals surface area contributed by atoms with E-state index in [0.29, 0.717) is 19.3 Å². The second-order valence-corrected chi connectivity index (χ2v) is 9.11. The normalized spacial score (nSPS) is 26.0. The third kappa shape index (κ3) is 6.22. The summed E-state index contributed by atoms with van der Waals surface area (Å²) in [6.07, 6.45) is 2.89. The smallest absolute Gasteiger partial charge is 0.290 e. The summed E-state index contributed by atoms with van der Waals surface area (Å²) in [7, 11) is -1.45. The Morgan fingerprint density at radius 2 is 2.00 bits per heavy atom. The van der Waals surface area contributed by atoms with E-state index in [1.165, 1.54) is 6.20 Å². The van der Waals surface area contributed by atoms with Crippen LogP contribution in [0.25, 0.3) is 0 Å². The standard InChI is InChI=1S/C15H23N5O5S.CH2O2/c1-25-13-3-2-10(15(22)20-4-6-26(23,24)7-5-20)8-11(13)17-14(21)12-9-16-19-18-12;2-1-3/h9-11,13H,2-8H2,1H3,(H,17,21)(H,16,18,19);1H,(H,2,3)/t10-,11+,13+;/m0./s1. The van der Waals surface area contributed by atoms with Gasteiger partial charge in [-0.3, -0.25) is 14.4 Å². The second kappa shape index (κ2) is 10.3. The highest BCUT2D eigenvalue weighted by atomic mass is 32.2. The Morgan fingerprint density at radius 1 is 1.34 bits per heavy atom. The largest absolute Gasteiger partial charge is 0.483 e. The molecule has 29 heavy (non-hydrogen) atoms. The van der Waals surface area contributed by atoms with Crippen molar-refractivity contribution in [3.63, 3.8) is 0 Å². The zero-order chi connectivity index (χ0) is 21.4. The molecule has 0 radical (unpaired) electrons. The lowest BCUT2D eigenvalue weighted by Gasteiger charge is -2.37. The first kappa shape index (κ1) is 22.7. The Labute approximate surface area is 167 Å². The molecular weight excluding hydrogens is 406 g/mol. The molecule has 13 heteroatoms. The van der Waals surface area contributed by atoms with Gasteiger partial charge >= 0.3 is 0 Å². The Morgan fingerprint density at radius 3 is 2.55 bits per heavy atom. The fraction of sp³-hybridized carbons (Fsp3) is 0.688. The van der Waals surface area contributed by atoms with E-state index in [0.717, 1.165) is 0 Å². The van der Waals surface area contributed by atoms with E-state index in [-0.39, 0.29) is 66.6 Å². The molecule has 1 aliphatic heterocycles. The molecule has 2 fully saturated rings. The van der Waals surface area contributed by atoms with Crippen LogP contribution in [0.5, 0.6) is 0 Å². The SMILES string of the molecule is CO[C@@H]1CC[C@H](C(=O)N2CCS(=O)(=O)CC2)C[C@H]1NC(=O)c1cn[nH]n1.O=CO. The number of sulfone groups is 1. The summed E-state index contributed by atoms with van der Waals surface area (Å²) in [4.78, 5) is 35.0. The molecule has 0 spiro atoms. The van der Waals surface area contributed by atoms with Crippen molar-refractivity contribution in [1.29, 1.82) is 0 Å². The molecule has 1 saturated heterocycles. The fourth-order valence-corrected chi connectivity index (χ4v) is 4.75. The molecule has 2 heterocycles. The number of carbonyl (C=O) groups excluding carboxylic acids is 2. The van der Waals surface area contributed by atoms with Crippen LogP contribution in [-0.2, 0) is 24.2 Å². The van der Waals surface area contributed by atoms with E-state index >= 15 is 0 Å². The van der Waals surface area contributed by atoms with E-state index in [9.17, 15) is 18.0 Å². The number of aromatic amines is 1. The summed E-state index contributed by atoms with van der Waals surface area (Å²) >= 11 is 0. The maximum atomic E-state index is 12.8. The van der Waals surface area contributed by atoms with Gasteiger partial charge in [0.25, 0.3) is 12.4 Å². The molecule has 162 valence electrons. The van der Waals surface area contributed by atoms with E-state index < -0.39 is 9.84 Å². The highest BCUT2D eigenvalue weighted by Crippen LogP contribution is 2.28. The molecule has 3 rings (SSSR count). The zero-order valence-electron chi connectivity index (χ0n) is 16.0. The molecule has 12 nitrogen and oxygen atoms in total. The molecule has 1 saturated carbocycles. The van der Waals surface area contributed by atoms with Crippen LogP contribution in [0, 0.1) is 5.92 Å². The maximum absolute atomic E-state index is 12.8. The van der Waals surface area contributed by atoms with Gasteiger partial charge in [0.1, 0.15) is 0 Å². The number of nitrogens with zero attached hydrogens (tertiary/aromatic N) is 3. The molecule has 0 unspecified atom stereocenters. The third-order valence-electron chi connectivity index (χ3n) is 5.06. The predicted molar refractivity (Wildman–Crippen MR) is 99.7 cm³/mol. The second-order valence-electron chi connectivity index (χ2n) is 6.80. The number of rotatable bonds is 4. The first-order valence-corrected chi connectivity index (χ1v) is 10.9. The number of carbonyl (C=O) groups is 3. The Hall–Kier alpha value is -2.54. The molecule has 0 bridgehead atoms. The van der Waals surface area contributed by atoms with Gasteiger partial charge in [-0.15, -0.1) is 0 Å². The van der Waals surface area contributed by atoms with Crippen LogP contribution in [-0.4, -0.2) is 96.0 Å². The number of amides is 2. The summed E-state index contributed by atoms with van der Waals surface area (Å²) < 4.78 is 28.6. The summed E-state index contributed by atoms with van der Waals surface area (Å²) in [6.45, 7) is 0.225. The average molecular weight is 431 g/mol. The Kier molecular flexibility index (Phi) is 8.08. The van der Waals surface area contributed by atoms with Crippen LogP contribution < -0.4 is 5.32 Å². The van der Waals surface area contributed by atoms with Crippen molar-refractivity contribution < 1.29 is 32.6 Å². The van der Waals surface area contributed by atoms with Crippen molar-refractivity contribution in [2.45, 2.75) is 31.4 Å². The van der Waals surface area contributed by atoms with Gasteiger partial charge in [-0.2, -0.15) is 15.4 Å². The van der Waals surface area contributed by atoms with Crippen molar-refractivity contribution in [3.8, 4) is 0 Å². The highest BCUT2D eigenvalue weighted by molar-refractivity contribution is 7.91. The number of nitrogens with one attached hydrogen (secondary N) is 2.